The van der Waals surface area contributed by atoms with E-state index in [0.717, 1.165) is 19.3 Å². The van der Waals surface area contributed by atoms with Gasteiger partial charge in [0.1, 0.15) is 0 Å². The lowest BCUT2D eigenvalue weighted by Gasteiger charge is -2.32. The molecule has 0 atom stereocenters. The highest BCUT2D eigenvalue weighted by Gasteiger charge is 2.58. The number of nitrogens with two attached hydrogens (primary N) is 1. The Balaban J connectivity index is 2.32. The second-order valence-electron chi connectivity index (χ2n) is 5.99. The Morgan fingerprint density at radius 1 is 1.19 bits per heavy atom. The number of carbonyl (C=O) groups is 1. The Labute approximate surface area is 100.0 Å². The average Bonchev–Trinajstić information content (AvgIpc) is 2.98. The summed E-state index contributed by atoms with van der Waals surface area (Å²) in [5.41, 5.74) is 5.47. The van der Waals surface area contributed by atoms with Gasteiger partial charge in [-0.25, -0.2) is 0 Å². The van der Waals surface area contributed by atoms with Crippen LogP contribution in [-0.2, 0) is 4.79 Å². The first-order valence-corrected chi connectivity index (χ1v) is 6.76. The van der Waals surface area contributed by atoms with E-state index in [1.165, 1.54) is 32.1 Å². The summed E-state index contributed by atoms with van der Waals surface area (Å²) in [5.74, 6) is -0.0777. The van der Waals surface area contributed by atoms with Gasteiger partial charge >= 0.3 is 0 Å². The first-order chi connectivity index (χ1) is 7.46. The molecule has 0 heterocycles. The van der Waals surface area contributed by atoms with Crippen LogP contribution >= 0.6 is 0 Å². The Kier molecular flexibility index (Phi) is 4.40. The van der Waals surface area contributed by atoms with Gasteiger partial charge in [-0.05, 0) is 24.7 Å². The molecule has 0 aliphatic heterocycles. The minimum Gasteiger partial charge on any atom is -0.369 e. The molecule has 0 aromatic rings. The fourth-order valence-corrected chi connectivity index (χ4v) is 2.79. The summed E-state index contributed by atoms with van der Waals surface area (Å²) in [5, 5.41) is 0. The largest absolute Gasteiger partial charge is 0.369 e. The lowest BCUT2D eigenvalue weighted by atomic mass is 9.72. The smallest absolute Gasteiger partial charge is 0.224 e. The molecule has 1 rings (SSSR count). The van der Waals surface area contributed by atoms with Crippen LogP contribution < -0.4 is 5.73 Å². The first kappa shape index (κ1) is 13.5. The van der Waals surface area contributed by atoms with Crippen molar-refractivity contribution in [2.24, 2.45) is 16.6 Å². The van der Waals surface area contributed by atoms with Gasteiger partial charge in [-0.1, -0.05) is 52.9 Å². The van der Waals surface area contributed by atoms with E-state index in [2.05, 4.69) is 20.8 Å². The Morgan fingerprint density at radius 2 is 1.75 bits per heavy atom. The normalized spacial score (nSPS) is 18.4. The van der Waals surface area contributed by atoms with Gasteiger partial charge in [0.05, 0.1) is 5.41 Å². The van der Waals surface area contributed by atoms with Gasteiger partial charge in [-0.2, -0.15) is 0 Å². The lowest BCUT2D eigenvalue weighted by molar-refractivity contribution is -0.127. The summed E-state index contributed by atoms with van der Waals surface area (Å²) in [6.07, 6.45) is 9.63. The fourth-order valence-electron chi connectivity index (χ4n) is 2.79. The van der Waals surface area contributed by atoms with Crippen molar-refractivity contribution in [3.8, 4) is 0 Å². The SMILES string of the molecule is CCCCCCCC(C)(C)C1(C(N)=O)CC1. The van der Waals surface area contributed by atoms with Crippen LogP contribution in [0.2, 0.25) is 0 Å². The number of primary amides is 1. The molecule has 2 N–H and O–H groups in total. The molecular formula is C14H27NO. The van der Waals surface area contributed by atoms with Crippen LogP contribution in [0.1, 0.15) is 72.1 Å². The molecule has 2 nitrogen and oxygen atoms in total. The number of carbonyl (C=O) groups excluding carboxylic acids is 1. The van der Waals surface area contributed by atoms with Crippen LogP contribution in [-0.4, -0.2) is 5.91 Å². The van der Waals surface area contributed by atoms with Gasteiger partial charge in [-0.15, -0.1) is 0 Å². The van der Waals surface area contributed by atoms with Gasteiger partial charge in [0.25, 0.3) is 0 Å². The van der Waals surface area contributed by atoms with Crippen molar-refractivity contribution in [1.82, 2.24) is 0 Å². The number of amides is 1. The second-order valence-corrected chi connectivity index (χ2v) is 5.99. The minimum absolute atomic E-state index is 0.0777. The summed E-state index contributed by atoms with van der Waals surface area (Å²) >= 11 is 0. The monoisotopic (exact) mass is 225 g/mol. The van der Waals surface area contributed by atoms with Gasteiger partial charge in [-0.3, -0.25) is 4.79 Å². The van der Waals surface area contributed by atoms with Crippen molar-refractivity contribution in [3.05, 3.63) is 0 Å². The zero-order valence-corrected chi connectivity index (χ0v) is 11.1. The van der Waals surface area contributed by atoms with Crippen molar-refractivity contribution < 1.29 is 4.79 Å². The van der Waals surface area contributed by atoms with Gasteiger partial charge in [0.2, 0.25) is 5.91 Å². The summed E-state index contributed by atoms with van der Waals surface area (Å²) in [7, 11) is 0. The van der Waals surface area contributed by atoms with E-state index in [4.69, 9.17) is 5.73 Å². The molecule has 94 valence electrons. The highest BCUT2D eigenvalue weighted by Crippen LogP contribution is 2.60. The molecule has 0 saturated heterocycles. The molecular weight excluding hydrogens is 198 g/mol. The van der Waals surface area contributed by atoms with E-state index >= 15 is 0 Å². The van der Waals surface area contributed by atoms with Crippen LogP contribution in [0.15, 0.2) is 0 Å². The Morgan fingerprint density at radius 3 is 2.19 bits per heavy atom. The van der Waals surface area contributed by atoms with Crippen LogP contribution in [0, 0.1) is 10.8 Å². The maximum Gasteiger partial charge on any atom is 0.224 e. The fraction of sp³-hybridized carbons (Fsp3) is 0.929. The van der Waals surface area contributed by atoms with E-state index < -0.39 is 0 Å². The summed E-state index contributed by atoms with van der Waals surface area (Å²) < 4.78 is 0. The van der Waals surface area contributed by atoms with E-state index in [1.807, 2.05) is 0 Å². The van der Waals surface area contributed by atoms with Crippen LogP contribution in [0.4, 0.5) is 0 Å². The van der Waals surface area contributed by atoms with Crippen LogP contribution in [0.25, 0.3) is 0 Å². The van der Waals surface area contributed by atoms with E-state index in [0.29, 0.717) is 0 Å². The average molecular weight is 225 g/mol. The van der Waals surface area contributed by atoms with Gasteiger partial charge in [0.15, 0.2) is 0 Å². The van der Waals surface area contributed by atoms with Gasteiger partial charge < -0.3 is 5.73 Å². The third-order valence-corrected chi connectivity index (χ3v) is 4.42. The van der Waals surface area contributed by atoms with Crippen molar-refractivity contribution >= 4 is 5.91 Å². The predicted octanol–water partition coefficient (Wildman–Crippen LogP) is 3.64. The molecule has 1 aliphatic carbocycles. The zero-order chi connectivity index (χ0) is 12.2. The van der Waals surface area contributed by atoms with Crippen molar-refractivity contribution in [2.75, 3.05) is 0 Å². The third kappa shape index (κ3) is 2.78. The molecule has 0 unspecified atom stereocenters. The maximum absolute atomic E-state index is 11.5. The Bertz CT molecular complexity index is 241. The van der Waals surface area contributed by atoms with Crippen LogP contribution in [0.5, 0.6) is 0 Å². The van der Waals surface area contributed by atoms with Gasteiger partial charge in [0, 0.05) is 0 Å². The number of unbranched alkanes of at least 4 members (excludes halogenated alkanes) is 4. The standard InChI is InChI=1S/C14H27NO/c1-4-5-6-7-8-9-13(2,3)14(10-11-14)12(15)16/h4-11H2,1-3H3,(H2,15,16). The highest BCUT2D eigenvalue weighted by atomic mass is 16.1. The summed E-state index contributed by atoms with van der Waals surface area (Å²) in [6.45, 7) is 6.66. The van der Waals surface area contributed by atoms with Crippen LogP contribution in [0.3, 0.4) is 0 Å². The summed E-state index contributed by atoms with van der Waals surface area (Å²) in [6, 6.07) is 0. The number of rotatable bonds is 8. The molecule has 0 radical (unpaired) electrons. The van der Waals surface area contributed by atoms with E-state index in [-0.39, 0.29) is 16.7 Å². The predicted molar refractivity (Wildman–Crippen MR) is 68.0 cm³/mol. The Hall–Kier alpha value is -0.530. The molecule has 0 aromatic carbocycles. The number of hydrogen-bond acceptors (Lipinski definition) is 1. The molecule has 0 aromatic heterocycles. The first-order valence-electron chi connectivity index (χ1n) is 6.76. The third-order valence-electron chi connectivity index (χ3n) is 4.42. The molecule has 0 spiro atoms. The molecule has 1 amide bonds. The summed E-state index contributed by atoms with van der Waals surface area (Å²) in [4.78, 5) is 11.5. The molecule has 1 saturated carbocycles. The minimum atomic E-state index is -0.169. The van der Waals surface area contributed by atoms with Crippen molar-refractivity contribution in [3.63, 3.8) is 0 Å². The van der Waals surface area contributed by atoms with E-state index in [1.54, 1.807) is 0 Å². The van der Waals surface area contributed by atoms with Crippen molar-refractivity contribution in [2.45, 2.75) is 72.1 Å². The second kappa shape index (κ2) is 5.20. The zero-order valence-electron chi connectivity index (χ0n) is 11.1. The molecule has 1 aliphatic rings. The lowest BCUT2D eigenvalue weighted by Crippen LogP contribution is -2.37. The van der Waals surface area contributed by atoms with Crippen molar-refractivity contribution in [1.29, 1.82) is 0 Å². The molecule has 16 heavy (non-hydrogen) atoms. The molecule has 0 bridgehead atoms. The molecule has 1 fully saturated rings. The molecule has 2 heteroatoms. The van der Waals surface area contributed by atoms with E-state index in [9.17, 15) is 4.79 Å². The topological polar surface area (TPSA) is 43.1 Å². The number of hydrogen-bond donors (Lipinski definition) is 1. The quantitative estimate of drug-likeness (QED) is 0.630. The maximum atomic E-state index is 11.5. The highest BCUT2D eigenvalue weighted by molar-refractivity contribution is 5.84.